The number of benzene rings is 1. The summed E-state index contributed by atoms with van der Waals surface area (Å²) >= 11 is 11.1. The second-order valence-corrected chi connectivity index (χ2v) is 7.25. The van der Waals surface area contributed by atoms with Crippen molar-refractivity contribution >= 4 is 64.8 Å². The zero-order valence-corrected chi connectivity index (χ0v) is 14.0. The molecule has 0 saturated carbocycles. The third-order valence-corrected chi connectivity index (χ3v) is 4.66. The lowest BCUT2D eigenvalue weighted by Gasteiger charge is -2.12. The van der Waals surface area contributed by atoms with Crippen LogP contribution in [-0.4, -0.2) is 26.3 Å². The Labute approximate surface area is 127 Å². The molecule has 0 radical (unpaired) electrons. The van der Waals surface area contributed by atoms with Crippen molar-refractivity contribution in [3.8, 4) is 5.75 Å². The van der Waals surface area contributed by atoms with E-state index in [1.165, 1.54) is 7.11 Å². The number of nitrogens with one attached hydrogen (secondary N) is 1. The lowest BCUT2D eigenvalue weighted by Crippen LogP contribution is -2.26. The van der Waals surface area contributed by atoms with Crippen LogP contribution < -0.4 is 15.2 Å². The van der Waals surface area contributed by atoms with Gasteiger partial charge in [-0.2, -0.15) is 0 Å². The van der Waals surface area contributed by atoms with Crippen LogP contribution in [0.15, 0.2) is 21.1 Å². The highest BCUT2D eigenvalue weighted by atomic mass is 79.9. The largest absolute Gasteiger partial charge is 0.495 e. The lowest BCUT2D eigenvalue weighted by molar-refractivity contribution is 0.412. The van der Waals surface area contributed by atoms with Crippen molar-refractivity contribution in [2.45, 2.75) is 0 Å². The van der Waals surface area contributed by atoms with Crippen LogP contribution in [0.25, 0.3) is 0 Å². The Bertz CT molecular complexity index is 575. The first kappa shape index (κ1) is 15.7. The van der Waals surface area contributed by atoms with Crippen LogP contribution in [0.1, 0.15) is 0 Å². The topological polar surface area (TPSA) is 81.4 Å². The molecule has 0 bridgehead atoms. The number of halogens is 2. The summed E-state index contributed by atoms with van der Waals surface area (Å²) in [7, 11) is -2.12. The number of nitrogens with two attached hydrogens (primary N) is 1. The summed E-state index contributed by atoms with van der Waals surface area (Å²) in [6.45, 7) is 0. The minimum absolute atomic E-state index is 0.0947. The molecule has 9 heteroatoms. The molecular formula is C9H10Br2N2O3S2. The molecule has 1 aromatic carbocycles. The number of hydrogen-bond acceptors (Lipinski definition) is 4. The summed E-state index contributed by atoms with van der Waals surface area (Å²) in [4.78, 5) is -0.0947. The second-order valence-electron chi connectivity index (χ2n) is 3.29. The molecule has 1 aromatic rings. The van der Waals surface area contributed by atoms with Crippen molar-refractivity contribution in [3.05, 3.63) is 21.1 Å². The zero-order chi connectivity index (χ0) is 13.9. The van der Waals surface area contributed by atoms with E-state index in [1.54, 1.807) is 12.1 Å². The Morgan fingerprint density at radius 2 is 2.06 bits per heavy atom. The fraction of sp³-hybridized carbons (Fsp3) is 0.222. The van der Waals surface area contributed by atoms with Crippen molar-refractivity contribution in [3.63, 3.8) is 0 Å². The molecule has 0 saturated heterocycles. The second kappa shape index (κ2) is 6.18. The highest BCUT2D eigenvalue weighted by molar-refractivity contribution is 9.11. The third-order valence-electron chi connectivity index (χ3n) is 1.84. The average Bonchev–Trinajstić information content (AvgIpc) is 2.19. The van der Waals surface area contributed by atoms with Gasteiger partial charge >= 0.3 is 0 Å². The first-order chi connectivity index (χ1) is 8.25. The summed E-state index contributed by atoms with van der Waals surface area (Å²) in [5.41, 5.74) is 5.57. The normalized spacial score (nSPS) is 11.1. The van der Waals surface area contributed by atoms with Crippen molar-refractivity contribution in [2.24, 2.45) is 5.73 Å². The maximum Gasteiger partial charge on any atom is 0.239 e. The van der Waals surface area contributed by atoms with Crippen LogP contribution >= 0.6 is 44.1 Å². The molecule has 1 rings (SSSR count). The molecule has 5 nitrogen and oxygen atoms in total. The molecule has 0 aliphatic rings. The third kappa shape index (κ3) is 4.38. The summed E-state index contributed by atoms with van der Waals surface area (Å²) in [5.74, 6) is 0.0962. The number of thiocarbonyl (C=S) groups is 1. The summed E-state index contributed by atoms with van der Waals surface area (Å²) in [5, 5.41) is 0. The highest BCUT2D eigenvalue weighted by Crippen LogP contribution is 2.34. The van der Waals surface area contributed by atoms with Gasteiger partial charge in [-0.25, -0.2) is 8.42 Å². The van der Waals surface area contributed by atoms with Gasteiger partial charge in [0, 0.05) is 10.5 Å². The lowest BCUT2D eigenvalue weighted by atomic mass is 10.3. The molecule has 0 amide bonds. The number of methoxy groups -OCH3 is 1. The molecule has 0 aliphatic heterocycles. The molecule has 0 aliphatic carbocycles. The number of anilines is 1. The van der Waals surface area contributed by atoms with Crippen molar-refractivity contribution in [1.82, 2.24) is 0 Å². The van der Waals surface area contributed by atoms with E-state index in [-0.39, 0.29) is 4.99 Å². The van der Waals surface area contributed by atoms with Crippen molar-refractivity contribution in [2.75, 3.05) is 17.6 Å². The molecule has 100 valence electrons. The van der Waals surface area contributed by atoms with Crippen LogP contribution in [-0.2, 0) is 10.0 Å². The van der Waals surface area contributed by atoms with E-state index in [9.17, 15) is 8.42 Å². The standard InChI is InChI=1S/C9H10Br2N2O3S2/c1-16-8-3-7(5(10)2-6(8)11)13-18(14,15)4-9(12)17/h2-3,13H,4H2,1H3,(H2,12,17). The smallest absolute Gasteiger partial charge is 0.239 e. The molecule has 0 heterocycles. The Hall–Kier alpha value is -0.380. The van der Waals surface area contributed by atoms with Gasteiger partial charge in [-0.05, 0) is 37.9 Å². The summed E-state index contributed by atoms with van der Waals surface area (Å²) in [6.07, 6.45) is 0. The predicted octanol–water partition coefficient (Wildman–Crippen LogP) is 2.25. The minimum atomic E-state index is -3.61. The summed E-state index contributed by atoms with van der Waals surface area (Å²) in [6, 6.07) is 3.22. The first-order valence-electron chi connectivity index (χ1n) is 4.57. The minimum Gasteiger partial charge on any atom is -0.495 e. The van der Waals surface area contributed by atoms with Gasteiger partial charge in [-0.1, -0.05) is 12.2 Å². The van der Waals surface area contributed by atoms with Crippen LogP contribution in [0.4, 0.5) is 5.69 Å². The van der Waals surface area contributed by atoms with E-state index in [4.69, 9.17) is 10.5 Å². The fourth-order valence-electron chi connectivity index (χ4n) is 1.15. The predicted molar refractivity (Wildman–Crippen MR) is 82.6 cm³/mol. The number of hydrogen-bond donors (Lipinski definition) is 2. The monoisotopic (exact) mass is 416 g/mol. The van der Waals surface area contributed by atoms with Gasteiger partial charge in [0.25, 0.3) is 0 Å². The fourth-order valence-corrected chi connectivity index (χ4v) is 3.96. The van der Waals surface area contributed by atoms with Crippen molar-refractivity contribution in [1.29, 1.82) is 0 Å². The van der Waals surface area contributed by atoms with Gasteiger partial charge in [-0.3, -0.25) is 4.72 Å². The molecule has 0 spiro atoms. The Balaban J connectivity index is 3.08. The Kier molecular flexibility index (Phi) is 5.38. The van der Waals surface area contributed by atoms with Gasteiger partial charge < -0.3 is 10.5 Å². The Morgan fingerprint density at radius 1 is 1.44 bits per heavy atom. The SMILES string of the molecule is COc1cc(NS(=O)(=O)CC(N)=S)c(Br)cc1Br. The molecular weight excluding hydrogens is 408 g/mol. The van der Waals surface area contributed by atoms with E-state index >= 15 is 0 Å². The number of ether oxygens (including phenoxy) is 1. The van der Waals surface area contributed by atoms with Crippen LogP contribution in [0.2, 0.25) is 0 Å². The molecule has 3 N–H and O–H groups in total. The molecule has 0 aromatic heterocycles. The first-order valence-corrected chi connectivity index (χ1v) is 8.21. The molecule has 18 heavy (non-hydrogen) atoms. The van der Waals surface area contributed by atoms with E-state index < -0.39 is 15.8 Å². The van der Waals surface area contributed by atoms with Crippen LogP contribution in [0, 0.1) is 0 Å². The van der Waals surface area contributed by atoms with E-state index in [0.717, 1.165) is 0 Å². The van der Waals surface area contributed by atoms with Gasteiger partial charge in [0.05, 0.1) is 22.3 Å². The van der Waals surface area contributed by atoms with Crippen LogP contribution in [0.3, 0.4) is 0 Å². The number of sulfonamides is 1. The number of rotatable bonds is 5. The molecule has 0 unspecified atom stereocenters. The highest BCUT2D eigenvalue weighted by Gasteiger charge is 2.15. The van der Waals surface area contributed by atoms with E-state index in [1.807, 2.05) is 0 Å². The Morgan fingerprint density at radius 3 is 2.56 bits per heavy atom. The van der Waals surface area contributed by atoms with Gasteiger partial charge in [0.1, 0.15) is 11.5 Å². The van der Waals surface area contributed by atoms with Gasteiger partial charge in [0.15, 0.2) is 0 Å². The van der Waals surface area contributed by atoms with Gasteiger partial charge in [0.2, 0.25) is 10.0 Å². The zero-order valence-electron chi connectivity index (χ0n) is 9.24. The molecule has 0 atom stereocenters. The van der Waals surface area contributed by atoms with Crippen molar-refractivity contribution < 1.29 is 13.2 Å². The van der Waals surface area contributed by atoms with E-state index in [0.29, 0.717) is 20.4 Å². The quantitative estimate of drug-likeness (QED) is 0.718. The average molecular weight is 418 g/mol. The van der Waals surface area contributed by atoms with E-state index in [2.05, 4.69) is 48.8 Å². The maximum atomic E-state index is 11.7. The summed E-state index contributed by atoms with van der Waals surface area (Å²) < 4.78 is 32.1. The maximum absolute atomic E-state index is 11.7. The molecule has 0 fully saturated rings. The van der Waals surface area contributed by atoms with Crippen LogP contribution in [0.5, 0.6) is 5.75 Å². The van der Waals surface area contributed by atoms with Gasteiger partial charge in [-0.15, -0.1) is 0 Å².